The molecule has 0 spiro atoms. The molecular formula is C19H16ClN3O3S2. The highest BCUT2D eigenvalue weighted by molar-refractivity contribution is 7.94. The van der Waals surface area contributed by atoms with E-state index in [0.717, 1.165) is 11.3 Å². The fourth-order valence-corrected chi connectivity index (χ4v) is 4.74. The van der Waals surface area contributed by atoms with Gasteiger partial charge < -0.3 is 0 Å². The van der Waals surface area contributed by atoms with E-state index < -0.39 is 15.9 Å². The van der Waals surface area contributed by atoms with E-state index in [-0.39, 0.29) is 15.5 Å². The molecule has 0 aliphatic rings. The van der Waals surface area contributed by atoms with Crippen molar-refractivity contribution in [1.82, 2.24) is 5.43 Å². The van der Waals surface area contributed by atoms with Gasteiger partial charge in [-0.2, -0.15) is 5.10 Å². The first-order valence-electron chi connectivity index (χ1n) is 8.13. The Labute approximate surface area is 171 Å². The Hall–Kier alpha value is -2.68. The second-order valence-electron chi connectivity index (χ2n) is 5.70. The van der Waals surface area contributed by atoms with Crippen LogP contribution in [0.5, 0.6) is 0 Å². The molecule has 28 heavy (non-hydrogen) atoms. The summed E-state index contributed by atoms with van der Waals surface area (Å²) in [5, 5.41) is 6.26. The van der Waals surface area contributed by atoms with Crippen molar-refractivity contribution in [1.29, 1.82) is 0 Å². The zero-order valence-corrected chi connectivity index (χ0v) is 17.1. The summed E-state index contributed by atoms with van der Waals surface area (Å²) in [6, 6.07) is 16.6. The number of amides is 1. The molecule has 2 aromatic carbocycles. The van der Waals surface area contributed by atoms with Crippen LogP contribution in [0.2, 0.25) is 5.02 Å². The molecule has 0 fully saturated rings. The van der Waals surface area contributed by atoms with Gasteiger partial charge in [0, 0.05) is 10.6 Å². The van der Waals surface area contributed by atoms with Crippen molar-refractivity contribution in [3.05, 3.63) is 82.2 Å². The third-order valence-corrected chi connectivity index (χ3v) is 6.86. The Kier molecular flexibility index (Phi) is 6.13. The molecule has 2 N–H and O–H groups in total. The number of sulfonamides is 1. The van der Waals surface area contributed by atoms with Crippen LogP contribution in [0.4, 0.5) is 5.69 Å². The third-order valence-electron chi connectivity index (χ3n) is 3.76. The summed E-state index contributed by atoms with van der Waals surface area (Å²) in [7, 11) is -3.77. The van der Waals surface area contributed by atoms with Gasteiger partial charge in [-0.3, -0.25) is 9.52 Å². The van der Waals surface area contributed by atoms with Gasteiger partial charge in [0.15, 0.2) is 0 Å². The highest BCUT2D eigenvalue weighted by atomic mass is 35.5. The van der Waals surface area contributed by atoms with E-state index in [4.69, 9.17) is 11.6 Å². The van der Waals surface area contributed by atoms with Gasteiger partial charge in [-0.1, -0.05) is 48.0 Å². The average Bonchev–Trinajstić information content (AvgIpc) is 3.22. The average molecular weight is 434 g/mol. The monoisotopic (exact) mass is 433 g/mol. The maximum Gasteiger partial charge on any atom is 0.273 e. The van der Waals surface area contributed by atoms with Crippen molar-refractivity contribution in [2.75, 3.05) is 4.72 Å². The second kappa shape index (κ2) is 8.55. The van der Waals surface area contributed by atoms with Crippen molar-refractivity contribution in [2.45, 2.75) is 11.1 Å². The molecule has 0 radical (unpaired) electrons. The second-order valence-corrected chi connectivity index (χ2v) is 8.97. The van der Waals surface area contributed by atoms with Crippen LogP contribution >= 0.6 is 22.9 Å². The molecular weight excluding hydrogens is 418 g/mol. The van der Waals surface area contributed by atoms with E-state index >= 15 is 0 Å². The Morgan fingerprint density at radius 3 is 2.36 bits per heavy atom. The summed E-state index contributed by atoms with van der Waals surface area (Å²) in [6.07, 6.45) is 0. The van der Waals surface area contributed by atoms with Crippen molar-refractivity contribution in [3.63, 3.8) is 0 Å². The highest BCUT2D eigenvalue weighted by Crippen LogP contribution is 2.23. The van der Waals surface area contributed by atoms with Crippen LogP contribution in [0.15, 0.2) is 75.4 Å². The van der Waals surface area contributed by atoms with Gasteiger partial charge in [0.05, 0.1) is 17.0 Å². The summed E-state index contributed by atoms with van der Waals surface area (Å²) in [5.41, 5.74) is 3.98. The Bertz CT molecular complexity index is 1130. The molecule has 0 unspecified atom stereocenters. The maximum atomic E-state index is 12.6. The quantitative estimate of drug-likeness (QED) is 0.447. The predicted octanol–water partition coefficient (Wildman–Crippen LogP) is 4.36. The van der Waals surface area contributed by atoms with Crippen LogP contribution in [-0.4, -0.2) is 20.0 Å². The number of hydrogen-bond donors (Lipinski definition) is 2. The SMILES string of the molecule is CC(=NNC(=O)c1ccccc1NS(=O)(=O)c1cccs1)c1ccccc1Cl. The van der Waals surface area contributed by atoms with Gasteiger partial charge in [-0.15, -0.1) is 11.3 Å². The molecule has 0 bridgehead atoms. The van der Waals surface area contributed by atoms with Crippen molar-refractivity contribution < 1.29 is 13.2 Å². The summed E-state index contributed by atoms with van der Waals surface area (Å²) < 4.78 is 27.5. The van der Waals surface area contributed by atoms with Crippen molar-refractivity contribution >= 4 is 50.3 Å². The Balaban J connectivity index is 1.82. The minimum atomic E-state index is -3.77. The summed E-state index contributed by atoms with van der Waals surface area (Å²) >= 11 is 7.22. The molecule has 1 heterocycles. The van der Waals surface area contributed by atoms with Gasteiger partial charge in [-0.25, -0.2) is 13.8 Å². The van der Waals surface area contributed by atoms with E-state index in [9.17, 15) is 13.2 Å². The number of thiophene rings is 1. The Morgan fingerprint density at radius 1 is 1.00 bits per heavy atom. The lowest BCUT2D eigenvalue weighted by atomic mass is 10.1. The molecule has 0 aliphatic carbocycles. The van der Waals surface area contributed by atoms with Crippen molar-refractivity contribution in [2.24, 2.45) is 5.10 Å². The van der Waals surface area contributed by atoms with Crippen LogP contribution in [0.3, 0.4) is 0 Å². The molecule has 3 rings (SSSR count). The number of carbonyl (C=O) groups excluding carboxylic acids is 1. The highest BCUT2D eigenvalue weighted by Gasteiger charge is 2.19. The molecule has 9 heteroatoms. The van der Waals surface area contributed by atoms with Gasteiger partial charge in [0.2, 0.25) is 0 Å². The molecule has 1 aromatic heterocycles. The van der Waals surface area contributed by atoms with E-state index in [2.05, 4.69) is 15.2 Å². The smallest absolute Gasteiger partial charge is 0.273 e. The molecule has 0 aliphatic heterocycles. The normalized spacial score (nSPS) is 11.9. The molecule has 6 nitrogen and oxygen atoms in total. The number of hydrazone groups is 1. The maximum absolute atomic E-state index is 12.6. The van der Waals surface area contributed by atoms with Crippen molar-refractivity contribution in [3.8, 4) is 0 Å². The fraction of sp³-hybridized carbons (Fsp3) is 0.0526. The minimum absolute atomic E-state index is 0.151. The number of para-hydroxylation sites is 1. The zero-order chi connectivity index (χ0) is 20.1. The number of hydrogen-bond acceptors (Lipinski definition) is 5. The van der Waals surface area contributed by atoms with Crippen LogP contribution in [0.25, 0.3) is 0 Å². The van der Waals surface area contributed by atoms with E-state index in [1.54, 1.807) is 48.7 Å². The molecule has 0 atom stereocenters. The molecule has 0 saturated heterocycles. The predicted molar refractivity (Wildman–Crippen MR) is 113 cm³/mol. The lowest BCUT2D eigenvalue weighted by molar-refractivity contribution is 0.0955. The zero-order valence-electron chi connectivity index (χ0n) is 14.7. The number of carbonyl (C=O) groups is 1. The molecule has 144 valence electrons. The van der Waals surface area contributed by atoms with E-state index in [1.165, 1.54) is 18.2 Å². The standard InChI is InChI=1S/C19H16ClN3O3S2/c1-13(14-7-2-4-9-16(14)20)21-22-19(24)15-8-3-5-10-17(15)23-28(25,26)18-11-6-12-27-18/h2-12,23H,1H3,(H,22,24). The van der Waals surface area contributed by atoms with Gasteiger partial charge >= 0.3 is 0 Å². The van der Waals surface area contributed by atoms with Crippen LogP contribution < -0.4 is 10.1 Å². The summed E-state index contributed by atoms with van der Waals surface area (Å²) in [6.45, 7) is 1.72. The van der Waals surface area contributed by atoms with Crippen LogP contribution in [-0.2, 0) is 10.0 Å². The first kappa shape index (κ1) is 20.1. The number of nitrogens with one attached hydrogen (secondary N) is 2. The first-order chi connectivity index (χ1) is 13.4. The van der Waals surface area contributed by atoms with Gasteiger partial charge in [0.1, 0.15) is 4.21 Å². The number of benzene rings is 2. The van der Waals surface area contributed by atoms with E-state index in [0.29, 0.717) is 16.3 Å². The number of rotatable bonds is 6. The number of anilines is 1. The molecule has 1 amide bonds. The van der Waals surface area contributed by atoms with E-state index in [1.807, 2.05) is 6.07 Å². The molecule has 0 saturated carbocycles. The minimum Gasteiger partial charge on any atom is -0.278 e. The van der Waals surface area contributed by atoms with Crippen LogP contribution in [0.1, 0.15) is 22.8 Å². The van der Waals surface area contributed by atoms with Crippen LogP contribution in [0, 0.1) is 0 Å². The lowest BCUT2D eigenvalue weighted by Gasteiger charge is -2.11. The lowest BCUT2D eigenvalue weighted by Crippen LogP contribution is -2.22. The third kappa shape index (κ3) is 4.59. The topological polar surface area (TPSA) is 87.6 Å². The summed E-state index contributed by atoms with van der Waals surface area (Å²) in [4.78, 5) is 12.6. The Morgan fingerprint density at radius 2 is 1.68 bits per heavy atom. The molecule has 3 aromatic rings. The van der Waals surface area contributed by atoms with Gasteiger partial charge in [-0.05, 0) is 36.6 Å². The largest absolute Gasteiger partial charge is 0.278 e. The number of nitrogens with zero attached hydrogens (tertiary/aromatic N) is 1. The summed E-state index contributed by atoms with van der Waals surface area (Å²) in [5.74, 6) is -0.545. The number of halogens is 1. The fourth-order valence-electron chi connectivity index (χ4n) is 2.39. The first-order valence-corrected chi connectivity index (χ1v) is 10.9. The van der Waals surface area contributed by atoms with Gasteiger partial charge in [0.25, 0.3) is 15.9 Å².